The van der Waals surface area contributed by atoms with Gasteiger partial charge in [0.25, 0.3) is 5.91 Å². The molecule has 1 N–H and O–H groups in total. The summed E-state index contributed by atoms with van der Waals surface area (Å²) < 4.78 is 16.9. The van der Waals surface area contributed by atoms with Gasteiger partial charge in [0.1, 0.15) is 5.76 Å². The smallest absolute Gasteiger partial charge is 0.290 e. The van der Waals surface area contributed by atoms with E-state index >= 15 is 0 Å². The standard InChI is InChI=1S/C26H26N2O6/c1-4-32-19-9-7-18(14-21(19)33-5-2)23-22(24(29)20-8-6-16(3)34-20)25(30)26(31)28(23)15-17-10-12-27-13-11-17/h6-14,23,30H,4-5,15H2,1-3H3. The van der Waals surface area contributed by atoms with Crippen LogP contribution in [0.5, 0.6) is 11.5 Å². The second-order valence-electron chi connectivity index (χ2n) is 7.76. The lowest BCUT2D eigenvalue weighted by Crippen LogP contribution is -2.30. The molecule has 3 heterocycles. The predicted octanol–water partition coefficient (Wildman–Crippen LogP) is 4.56. The monoisotopic (exact) mass is 462 g/mol. The molecule has 1 aromatic carbocycles. The van der Waals surface area contributed by atoms with Crippen molar-refractivity contribution in [1.29, 1.82) is 0 Å². The van der Waals surface area contributed by atoms with Gasteiger partial charge >= 0.3 is 0 Å². The van der Waals surface area contributed by atoms with E-state index in [1.807, 2.05) is 13.8 Å². The quantitative estimate of drug-likeness (QED) is 0.465. The topological polar surface area (TPSA) is 102 Å². The Bertz CT molecular complexity index is 1230. The van der Waals surface area contributed by atoms with E-state index in [1.165, 1.54) is 11.0 Å². The number of nitrogens with zero attached hydrogens (tertiary/aromatic N) is 2. The third-order valence-corrected chi connectivity index (χ3v) is 5.50. The van der Waals surface area contributed by atoms with Gasteiger partial charge in [-0.25, -0.2) is 0 Å². The van der Waals surface area contributed by atoms with E-state index in [0.717, 1.165) is 5.56 Å². The van der Waals surface area contributed by atoms with Crippen molar-refractivity contribution in [3.63, 3.8) is 0 Å². The Balaban J connectivity index is 1.82. The molecule has 0 fully saturated rings. The number of carbonyl (C=O) groups is 2. The van der Waals surface area contributed by atoms with Gasteiger partial charge in [0.2, 0.25) is 5.78 Å². The molecule has 1 aliphatic rings. The van der Waals surface area contributed by atoms with Crippen LogP contribution in [0.4, 0.5) is 0 Å². The van der Waals surface area contributed by atoms with E-state index in [2.05, 4.69) is 4.98 Å². The first kappa shape index (κ1) is 23.1. The zero-order valence-electron chi connectivity index (χ0n) is 19.3. The van der Waals surface area contributed by atoms with Gasteiger partial charge in [-0.1, -0.05) is 6.07 Å². The van der Waals surface area contributed by atoms with Crippen molar-refractivity contribution in [3.05, 3.63) is 88.8 Å². The maximum absolute atomic E-state index is 13.4. The largest absolute Gasteiger partial charge is 0.503 e. The van der Waals surface area contributed by atoms with Crippen LogP contribution in [-0.4, -0.2) is 39.9 Å². The normalized spacial score (nSPS) is 15.7. The number of ketones is 1. The van der Waals surface area contributed by atoms with Crippen LogP contribution in [0.3, 0.4) is 0 Å². The number of carbonyl (C=O) groups excluding carboxylic acids is 2. The first-order valence-electron chi connectivity index (χ1n) is 11.1. The first-order valence-corrected chi connectivity index (χ1v) is 11.1. The summed E-state index contributed by atoms with van der Waals surface area (Å²) in [7, 11) is 0. The van der Waals surface area contributed by atoms with Crippen LogP contribution >= 0.6 is 0 Å². The number of furan rings is 1. The molecule has 4 rings (SSSR count). The molecule has 1 amide bonds. The maximum Gasteiger partial charge on any atom is 0.290 e. The number of ether oxygens (including phenoxy) is 2. The van der Waals surface area contributed by atoms with Gasteiger partial charge in [0.15, 0.2) is 23.0 Å². The molecule has 34 heavy (non-hydrogen) atoms. The molecule has 0 bridgehead atoms. The SMILES string of the molecule is CCOc1ccc(C2C(C(=O)c3ccc(C)o3)=C(O)C(=O)N2Cc2ccncc2)cc1OCC. The molecular formula is C26H26N2O6. The third-order valence-electron chi connectivity index (χ3n) is 5.50. The summed E-state index contributed by atoms with van der Waals surface area (Å²) in [6, 6.07) is 11.2. The zero-order valence-corrected chi connectivity index (χ0v) is 19.3. The second-order valence-corrected chi connectivity index (χ2v) is 7.76. The molecule has 1 atom stereocenters. The van der Waals surface area contributed by atoms with E-state index in [-0.39, 0.29) is 17.9 Å². The Morgan fingerprint density at radius 2 is 1.76 bits per heavy atom. The van der Waals surface area contributed by atoms with Crippen LogP contribution < -0.4 is 9.47 Å². The van der Waals surface area contributed by atoms with Crippen molar-refractivity contribution in [2.24, 2.45) is 0 Å². The number of hydrogen-bond donors (Lipinski definition) is 1. The number of aryl methyl sites for hydroxylation is 1. The fraction of sp³-hybridized carbons (Fsp3) is 0.269. The second kappa shape index (κ2) is 9.82. The van der Waals surface area contributed by atoms with Crippen molar-refractivity contribution < 1.29 is 28.6 Å². The molecule has 0 radical (unpaired) electrons. The molecule has 2 aromatic heterocycles. The summed E-state index contributed by atoms with van der Waals surface area (Å²) in [4.78, 5) is 32.1. The van der Waals surface area contributed by atoms with Crippen molar-refractivity contribution in [1.82, 2.24) is 9.88 Å². The molecule has 0 saturated heterocycles. The molecule has 8 nitrogen and oxygen atoms in total. The molecule has 176 valence electrons. The van der Waals surface area contributed by atoms with Crippen molar-refractivity contribution in [2.45, 2.75) is 33.4 Å². The average molecular weight is 463 g/mol. The fourth-order valence-corrected chi connectivity index (χ4v) is 4.01. The highest BCUT2D eigenvalue weighted by atomic mass is 16.5. The minimum atomic E-state index is -0.853. The highest BCUT2D eigenvalue weighted by Gasteiger charge is 2.44. The molecule has 0 spiro atoms. The summed E-state index contributed by atoms with van der Waals surface area (Å²) >= 11 is 0. The van der Waals surface area contributed by atoms with Crippen LogP contribution in [0.2, 0.25) is 0 Å². The van der Waals surface area contributed by atoms with Gasteiger partial charge in [0.05, 0.1) is 24.8 Å². The van der Waals surface area contributed by atoms with Gasteiger partial charge < -0.3 is 23.9 Å². The highest BCUT2D eigenvalue weighted by molar-refractivity contribution is 6.15. The Hall–Kier alpha value is -4.07. The summed E-state index contributed by atoms with van der Waals surface area (Å²) in [6.45, 7) is 6.49. The van der Waals surface area contributed by atoms with Gasteiger partial charge in [-0.2, -0.15) is 0 Å². The third kappa shape index (κ3) is 4.39. The summed E-state index contributed by atoms with van der Waals surface area (Å²) in [6.07, 6.45) is 3.25. The first-order chi connectivity index (χ1) is 16.4. The van der Waals surface area contributed by atoms with Crippen LogP contribution in [-0.2, 0) is 11.3 Å². The van der Waals surface area contributed by atoms with Crippen LogP contribution in [0.15, 0.2) is 70.6 Å². The molecule has 0 aliphatic carbocycles. The van der Waals surface area contributed by atoms with Crippen LogP contribution in [0.1, 0.15) is 47.3 Å². The molecule has 1 unspecified atom stereocenters. The number of aliphatic hydroxyl groups is 1. The highest BCUT2D eigenvalue weighted by Crippen LogP contribution is 2.42. The van der Waals surface area contributed by atoms with Crippen molar-refractivity contribution in [2.75, 3.05) is 13.2 Å². The number of rotatable bonds is 9. The summed E-state index contributed by atoms with van der Waals surface area (Å²) in [5.41, 5.74) is 1.37. The molecule has 3 aromatic rings. The maximum atomic E-state index is 13.4. The number of amides is 1. The van der Waals surface area contributed by atoms with E-state index in [1.54, 1.807) is 55.7 Å². The van der Waals surface area contributed by atoms with Gasteiger partial charge in [0, 0.05) is 18.9 Å². The van der Waals surface area contributed by atoms with Crippen molar-refractivity contribution in [3.8, 4) is 11.5 Å². The van der Waals surface area contributed by atoms with Crippen LogP contribution in [0, 0.1) is 6.92 Å². The Labute approximate surface area is 197 Å². The molecule has 1 aliphatic heterocycles. The lowest BCUT2D eigenvalue weighted by atomic mass is 9.94. The number of hydrogen-bond acceptors (Lipinski definition) is 7. The average Bonchev–Trinajstić information content (AvgIpc) is 3.37. The lowest BCUT2D eigenvalue weighted by Gasteiger charge is -2.27. The predicted molar refractivity (Wildman–Crippen MR) is 124 cm³/mol. The number of benzene rings is 1. The summed E-state index contributed by atoms with van der Waals surface area (Å²) in [5, 5.41) is 10.8. The van der Waals surface area contributed by atoms with Crippen molar-refractivity contribution >= 4 is 11.7 Å². The summed E-state index contributed by atoms with van der Waals surface area (Å²) in [5.74, 6) is -0.125. The minimum Gasteiger partial charge on any atom is -0.503 e. The molecule has 0 saturated carbocycles. The zero-order chi connectivity index (χ0) is 24.2. The Kier molecular flexibility index (Phi) is 6.67. The Morgan fingerprint density at radius 3 is 2.41 bits per heavy atom. The van der Waals surface area contributed by atoms with E-state index in [4.69, 9.17) is 13.9 Å². The van der Waals surface area contributed by atoms with E-state index in [0.29, 0.717) is 36.0 Å². The van der Waals surface area contributed by atoms with Gasteiger partial charge in [-0.3, -0.25) is 14.6 Å². The van der Waals surface area contributed by atoms with Gasteiger partial charge in [-0.05, 0) is 68.3 Å². The number of pyridine rings is 1. The molecular weight excluding hydrogens is 436 g/mol. The fourth-order valence-electron chi connectivity index (χ4n) is 4.01. The Morgan fingerprint density at radius 1 is 1.06 bits per heavy atom. The lowest BCUT2D eigenvalue weighted by molar-refractivity contribution is -0.130. The van der Waals surface area contributed by atoms with E-state index < -0.39 is 23.5 Å². The van der Waals surface area contributed by atoms with Gasteiger partial charge in [-0.15, -0.1) is 0 Å². The molecule has 8 heteroatoms. The van der Waals surface area contributed by atoms with E-state index in [9.17, 15) is 14.7 Å². The number of aliphatic hydroxyl groups excluding tert-OH is 1. The minimum absolute atomic E-state index is 0.0417. The number of aromatic nitrogens is 1. The number of Topliss-reactive ketones (excluding diaryl/α,β-unsaturated/α-hetero) is 1. The van der Waals surface area contributed by atoms with Crippen LogP contribution in [0.25, 0.3) is 0 Å².